The zero-order valence-electron chi connectivity index (χ0n) is 41.0. The van der Waals surface area contributed by atoms with E-state index in [0.29, 0.717) is 29.7 Å². The van der Waals surface area contributed by atoms with Crippen molar-refractivity contribution in [2.24, 2.45) is 0 Å². The lowest BCUT2D eigenvalue weighted by atomic mass is 9.78. The van der Waals surface area contributed by atoms with E-state index in [1.807, 2.05) is 36.4 Å². The fraction of sp³-hybridized carbons (Fsp3) is 0.333. The molecular formula is C57H64N3O8S2+. The number of fused-ring (bicyclic) bond motifs is 6. The molecule has 5 aromatic carbocycles. The number of ether oxygens (including phenoxy) is 1. The van der Waals surface area contributed by atoms with Crippen molar-refractivity contribution in [1.29, 1.82) is 0 Å². The SMILES string of the molecule is C=C(C)C(=O)NCCc1ccc(OC2=C(/C=C/C3=[N+](CCCC)c4ccc5ccccc5c4C3(C)C)CCC/C2=C\C=C2\N(CCCS(=O)(=O)O)c3ccc4cc(S(=O)(=O)O)ccc4c3C2(C)C)cc1. The standard InChI is InChI=1S/C57H63N3O8S2/c1-8-9-34-59-48-28-20-40-14-10-11-17-46(40)52(48)56(4,5)50(59)30-22-41-15-12-16-42(54(41)68-44-24-18-39(19-25-44)32-33-58-55(61)38(2)3)23-31-51-57(6,7)53-47-27-26-45(70(65,66)67)37-43(47)21-29-49(53)60(51)35-13-36-69(62,63)64/h10-11,14,17-31,37H,2,8-9,12-13,15-16,32-36H2,1,3-7H3,(H2-,58,61,62,63,64,65,66,67)/p+1. The molecule has 0 radical (unpaired) electrons. The third-order valence-electron chi connectivity index (χ3n) is 14.0. The van der Waals surface area contributed by atoms with Crippen molar-refractivity contribution in [1.82, 2.24) is 5.32 Å². The monoisotopic (exact) mass is 982 g/mol. The number of amides is 1. The highest BCUT2D eigenvalue weighted by Crippen LogP contribution is 2.51. The van der Waals surface area contributed by atoms with Crippen LogP contribution in [0.25, 0.3) is 21.5 Å². The van der Waals surface area contributed by atoms with E-state index in [1.165, 1.54) is 39.9 Å². The molecule has 8 rings (SSSR count). The Morgan fingerprint density at radius 3 is 2.29 bits per heavy atom. The Labute approximate surface area is 413 Å². The van der Waals surface area contributed by atoms with Gasteiger partial charge in [-0.25, -0.2) is 0 Å². The van der Waals surface area contributed by atoms with Gasteiger partial charge in [0.15, 0.2) is 5.71 Å². The molecule has 0 unspecified atom stereocenters. The summed E-state index contributed by atoms with van der Waals surface area (Å²) in [5.74, 6) is 0.849. The highest BCUT2D eigenvalue weighted by Gasteiger charge is 2.46. The summed E-state index contributed by atoms with van der Waals surface area (Å²) in [6.45, 7) is 18.1. The van der Waals surface area contributed by atoms with Crippen molar-refractivity contribution in [2.45, 2.75) is 102 Å². The van der Waals surface area contributed by atoms with E-state index in [9.17, 15) is 30.7 Å². The van der Waals surface area contributed by atoms with Crippen molar-refractivity contribution >= 4 is 64.8 Å². The van der Waals surface area contributed by atoms with Gasteiger partial charge in [-0.05, 0) is 145 Å². The van der Waals surface area contributed by atoms with Gasteiger partial charge < -0.3 is 15.0 Å². The van der Waals surface area contributed by atoms with Gasteiger partial charge in [0, 0.05) is 59.6 Å². The molecule has 3 aliphatic rings. The minimum atomic E-state index is -4.44. The van der Waals surface area contributed by atoms with E-state index in [-0.39, 0.29) is 29.2 Å². The summed E-state index contributed by atoms with van der Waals surface area (Å²) in [6.07, 6.45) is 14.0. The lowest BCUT2D eigenvalue weighted by Gasteiger charge is -2.27. The Morgan fingerprint density at radius 1 is 0.843 bits per heavy atom. The molecule has 3 N–H and O–H groups in total. The van der Waals surface area contributed by atoms with E-state index in [0.717, 1.165) is 83.5 Å². The first kappa shape index (κ1) is 50.3. The van der Waals surface area contributed by atoms with Gasteiger partial charge in [-0.2, -0.15) is 21.4 Å². The van der Waals surface area contributed by atoms with Crippen LogP contribution in [0.2, 0.25) is 0 Å². The molecule has 0 aromatic heterocycles. The molecule has 0 saturated heterocycles. The van der Waals surface area contributed by atoms with Crippen molar-refractivity contribution in [2.75, 3.05) is 30.3 Å². The molecule has 5 aromatic rings. The summed E-state index contributed by atoms with van der Waals surface area (Å²) in [4.78, 5) is 14.0. The third-order valence-corrected chi connectivity index (χ3v) is 15.6. The van der Waals surface area contributed by atoms with Crippen LogP contribution < -0.4 is 15.0 Å². The quantitative estimate of drug-likeness (QED) is 0.0469. The average Bonchev–Trinajstić information content (AvgIpc) is 3.67. The van der Waals surface area contributed by atoms with Crippen molar-refractivity contribution in [3.8, 4) is 5.75 Å². The number of nitrogens with one attached hydrogen (secondary N) is 1. The van der Waals surface area contributed by atoms with E-state index < -0.39 is 31.4 Å². The number of allylic oxidation sites excluding steroid dienone is 7. The number of benzene rings is 5. The Morgan fingerprint density at radius 2 is 1.57 bits per heavy atom. The van der Waals surface area contributed by atoms with Gasteiger partial charge in [0.25, 0.3) is 20.2 Å². The Bertz CT molecular complexity index is 3300. The first-order valence-corrected chi connectivity index (χ1v) is 27.2. The average molecular weight is 983 g/mol. The molecule has 70 heavy (non-hydrogen) atoms. The highest BCUT2D eigenvalue weighted by molar-refractivity contribution is 7.86. The van der Waals surface area contributed by atoms with Crippen molar-refractivity contribution in [3.63, 3.8) is 0 Å². The number of anilines is 1. The van der Waals surface area contributed by atoms with Crippen LogP contribution >= 0.6 is 0 Å². The number of hydrogen-bond donors (Lipinski definition) is 3. The first-order valence-electron chi connectivity index (χ1n) is 24.2. The maximum atomic E-state index is 12.1. The lowest BCUT2D eigenvalue weighted by molar-refractivity contribution is -0.438. The normalized spacial score (nSPS) is 17.9. The van der Waals surface area contributed by atoms with E-state index >= 15 is 0 Å². The second-order valence-electron chi connectivity index (χ2n) is 19.7. The highest BCUT2D eigenvalue weighted by atomic mass is 32.2. The molecule has 1 aliphatic carbocycles. The molecule has 0 fully saturated rings. The van der Waals surface area contributed by atoms with E-state index in [2.05, 4.69) is 117 Å². The largest absolute Gasteiger partial charge is 0.457 e. The second-order valence-corrected chi connectivity index (χ2v) is 22.7. The Balaban J connectivity index is 1.23. The molecule has 2 heterocycles. The summed E-state index contributed by atoms with van der Waals surface area (Å²) in [7, 11) is -8.67. The lowest BCUT2D eigenvalue weighted by Crippen LogP contribution is -2.28. The van der Waals surface area contributed by atoms with Crippen LogP contribution in [0, 0.1) is 0 Å². The summed E-state index contributed by atoms with van der Waals surface area (Å²) in [6, 6.07) is 29.3. The van der Waals surface area contributed by atoms with Crippen LogP contribution in [0.3, 0.4) is 0 Å². The fourth-order valence-corrected chi connectivity index (χ4v) is 11.5. The van der Waals surface area contributed by atoms with Gasteiger partial charge in [0.2, 0.25) is 11.6 Å². The summed E-state index contributed by atoms with van der Waals surface area (Å²) >= 11 is 0. The van der Waals surface area contributed by atoms with Crippen molar-refractivity contribution < 1.29 is 40.0 Å². The molecule has 1 amide bonds. The van der Waals surface area contributed by atoms with Gasteiger partial charge in [-0.1, -0.05) is 88.4 Å². The summed E-state index contributed by atoms with van der Waals surface area (Å²) in [5.41, 5.74) is 9.07. The van der Waals surface area contributed by atoms with Crippen LogP contribution in [0.15, 0.2) is 155 Å². The summed E-state index contributed by atoms with van der Waals surface area (Å²) in [5, 5.41) is 6.82. The maximum absolute atomic E-state index is 12.1. The van der Waals surface area contributed by atoms with E-state index in [1.54, 1.807) is 13.0 Å². The molecular weight excluding hydrogens is 919 g/mol. The molecule has 11 nitrogen and oxygen atoms in total. The fourth-order valence-electron chi connectivity index (χ4n) is 10.5. The number of rotatable bonds is 17. The van der Waals surface area contributed by atoms with Gasteiger partial charge in [-0.3, -0.25) is 13.9 Å². The van der Waals surface area contributed by atoms with E-state index in [4.69, 9.17) is 4.74 Å². The molecule has 2 aliphatic heterocycles. The Kier molecular flexibility index (Phi) is 14.3. The van der Waals surface area contributed by atoms with Crippen LogP contribution in [-0.4, -0.2) is 67.5 Å². The summed E-state index contributed by atoms with van der Waals surface area (Å²) < 4.78 is 77.3. The Hall–Kier alpha value is -6.12. The predicted octanol–water partition coefficient (Wildman–Crippen LogP) is 11.6. The minimum Gasteiger partial charge on any atom is -0.457 e. The second kappa shape index (κ2) is 19.9. The number of hydrogen-bond acceptors (Lipinski definition) is 7. The van der Waals surface area contributed by atoms with Gasteiger partial charge in [0.05, 0.1) is 16.1 Å². The third kappa shape index (κ3) is 10.3. The molecule has 0 spiro atoms. The van der Waals surface area contributed by atoms with Crippen LogP contribution in [0.1, 0.15) is 96.8 Å². The van der Waals surface area contributed by atoms with Crippen LogP contribution in [0.4, 0.5) is 11.4 Å². The number of unbranched alkanes of at least 4 members (excludes halogenated alkanes) is 1. The zero-order chi connectivity index (χ0) is 50.2. The maximum Gasteiger partial charge on any atom is 0.294 e. The minimum absolute atomic E-state index is 0.158. The molecule has 0 saturated carbocycles. The smallest absolute Gasteiger partial charge is 0.294 e. The first-order chi connectivity index (χ1) is 33.2. The molecule has 0 bridgehead atoms. The van der Waals surface area contributed by atoms with Gasteiger partial charge >= 0.3 is 0 Å². The van der Waals surface area contributed by atoms with Gasteiger partial charge in [0.1, 0.15) is 18.1 Å². The van der Waals surface area contributed by atoms with Crippen LogP contribution in [-0.2, 0) is 42.3 Å². The number of carbonyl (C=O) groups is 1. The number of nitrogens with zero attached hydrogens (tertiary/aromatic N) is 2. The van der Waals surface area contributed by atoms with Crippen molar-refractivity contribution in [3.05, 3.63) is 167 Å². The number of carbonyl (C=O) groups excluding carboxylic acids is 1. The predicted molar refractivity (Wildman–Crippen MR) is 282 cm³/mol. The van der Waals surface area contributed by atoms with Gasteiger partial charge in [-0.15, -0.1) is 0 Å². The topological polar surface area (TPSA) is 153 Å². The molecule has 366 valence electrons. The molecule has 13 heteroatoms. The van der Waals surface area contributed by atoms with Crippen LogP contribution in [0.5, 0.6) is 5.75 Å². The molecule has 0 atom stereocenters. The zero-order valence-corrected chi connectivity index (χ0v) is 42.6.